The zero-order valence-electron chi connectivity index (χ0n) is 9.63. The number of hydrogen-bond donors (Lipinski definition) is 1. The third-order valence-electron chi connectivity index (χ3n) is 4.39. The van der Waals surface area contributed by atoms with Crippen LogP contribution in [0.2, 0.25) is 5.02 Å². The van der Waals surface area contributed by atoms with Gasteiger partial charge in [0.15, 0.2) is 0 Å². The fourth-order valence-corrected chi connectivity index (χ4v) is 3.62. The Bertz CT molecular complexity index is 436. The summed E-state index contributed by atoms with van der Waals surface area (Å²) in [6, 6.07) is 4.94. The summed E-state index contributed by atoms with van der Waals surface area (Å²) < 4.78 is 13.4. The third kappa shape index (κ3) is 1.98. The van der Waals surface area contributed by atoms with E-state index >= 15 is 0 Å². The Kier molecular flexibility index (Phi) is 2.68. The van der Waals surface area contributed by atoms with E-state index in [0.29, 0.717) is 6.42 Å². The van der Waals surface area contributed by atoms with Gasteiger partial charge in [0.1, 0.15) is 5.82 Å². The van der Waals surface area contributed by atoms with Gasteiger partial charge in [0.25, 0.3) is 0 Å². The summed E-state index contributed by atoms with van der Waals surface area (Å²) in [5.41, 5.74) is 0.785. The molecular weight excluding hydrogens is 239 g/mol. The van der Waals surface area contributed by atoms with E-state index in [4.69, 9.17) is 11.6 Å². The van der Waals surface area contributed by atoms with Crippen LogP contribution in [0.15, 0.2) is 18.2 Å². The fraction of sp³-hybridized carbons (Fsp3) is 0.571. The highest BCUT2D eigenvalue weighted by molar-refractivity contribution is 6.31. The van der Waals surface area contributed by atoms with Gasteiger partial charge in [-0.1, -0.05) is 23.7 Å². The summed E-state index contributed by atoms with van der Waals surface area (Å²) in [5.74, 6) is 1.24. The molecule has 2 unspecified atom stereocenters. The van der Waals surface area contributed by atoms with Crippen molar-refractivity contribution >= 4 is 11.6 Å². The number of halogens is 2. The van der Waals surface area contributed by atoms with Gasteiger partial charge in [-0.25, -0.2) is 4.39 Å². The smallest absolute Gasteiger partial charge is 0.142 e. The highest BCUT2D eigenvalue weighted by Gasteiger charge is 2.53. The lowest BCUT2D eigenvalue weighted by molar-refractivity contribution is 0.117. The predicted molar refractivity (Wildman–Crippen MR) is 65.5 cm³/mol. The number of hydrogen-bond acceptors (Lipinski definition) is 1. The first-order chi connectivity index (χ1) is 8.13. The Morgan fingerprint density at radius 2 is 2.06 bits per heavy atom. The van der Waals surface area contributed by atoms with Crippen molar-refractivity contribution in [2.45, 2.75) is 25.7 Å². The molecule has 2 aliphatic rings. The Labute approximate surface area is 106 Å². The van der Waals surface area contributed by atoms with Gasteiger partial charge in [-0.2, -0.15) is 0 Å². The average Bonchev–Trinajstić information content (AvgIpc) is 2.94. The Balaban J connectivity index is 1.83. The molecule has 0 aromatic heterocycles. The molecule has 2 aliphatic carbocycles. The molecule has 0 saturated heterocycles. The second-order valence-corrected chi connectivity index (χ2v) is 6.09. The van der Waals surface area contributed by atoms with Gasteiger partial charge >= 0.3 is 0 Å². The van der Waals surface area contributed by atoms with Crippen molar-refractivity contribution < 1.29 is 9.50 Å². The van der Waals surface area contributed by atoms with Crippen LogP contribution in [0.3, 0.4) is 0 Å². The highest BCUT2D eigenvalue weighted by Crippen LogP contribution is 2.60. The van der Waals surface area contributed by atoms with Gasteiger partial charge < -0.3 is 5.11 Å². The van der Waals surface area contributed by atoms with E-state index in [9.17, 15) is 9.50 Å². The zero-order chi connectivity index (χ0) is 12.0. The summed E-state index contributed by atoms with van der Waals surface area (Å²) in [7, 11) is 0. The van der Waals surface area contributed by atoms with Crippen LogP contribution in [-0.4, -0.2) is 11.7 Å². The first-order valence-corrected chi connectivity index (χ1v) is 6.55. The molecule has 3 heteroatoms. The SMILES string of the molecule is OCC1(Cc2cccc(F)c2Cl)CC2CC2C1. The Hall–Kier alpha value is -0.600. The number of rotatable bonds is 3. The standard InChI is InChI=1S/C14H16ClFO/c15-13-9(2-1-3-12(13)16)5-14(8-17)6-10-4-11(10)7-14/h1-3,10-11,17H,4-8H2. The predicted octanol–water partition coefficient (Wildman–Crippen LogP) is 3.43. The lowest BCUT2D eigenvalue weighted by Gasteiger charge is -2.29. The van der Waals surface area contributed by atoms with E-state index in [2.05, 4.69) is 0 Å². The van der Waals surface area contributed by atoms with E-state index in [0.717, 1.165) is 30.2 Å². The first-order valence-electron chi connectivity index (χ1n) is 6.17. The average molecular weight is 255 g/mol. The van der Waals surface area contributed by atoms with Crippen molar-refractivity contribution in [1.29, 1.82) is 0 Å². The van der Waals surface area contributed by atoms with Crippen molar-refractivity contribution in [1.82, 2.24) is 0 Å². The molecule has 2 fully saturated rings. The van der Waals surface area contributed by atoms with Crippen molar-refractivity contribution in [2.24, 2.45) is 17.3 Å². The van der Waals surface area contributed by atoms with Crippen LogP contribution >= 0.6 is 11.6 Å². The largest absolute Gasteiger partial charge is 0.396 e. The second-order valence-electron chi connectivity index (χ2n) is 5.71. The number of fused-ring (bicyclic) bond motifs is 1. The van der Waals surface area contributed by atoms with E-state index in [1.165, 1.54) is 12.5 Å². The third-order valence-corrected chi connectivity index (χ3v) is 4.82. The van der Waals surface area contributed by atoms with Crippen LogP contribution in [0.25, 0.3) is 0 Å². The molecule has 0 spiro atoms. The van der Waals surface area contributed by atoms with Crippen LogP contribution in [0.5, 0.6) is 0 Å². The minimum absolute atomic E-state index is 0.0506. The molecule has 2 atom stereocenters. The number of aliphatic hydroxyl groups excluding tert-OH is 1. The normalized spacial score (nSPS) is 34.8. The van der Waals surface area contributed by atoms with Crippen LogP contribution in [0.4, 0.5) is 4.39 Å². The lowest BCUT2D eigenvalue weighted by atomic mass is 9.78. The van der Waals surface area contributed by atoms with Crippen LogP contribution < -0.4 is 0 Å². The molecule has 2 saturated carbocycles. The van der Waals surface area contributed by atoms with Gasteiger partial charge in [-0.3, -0.25) is 0 Å². The van der Waals surface area contributed by atoms with E-state index in [1.807, 2.05) is 6.07 Å². The molecule has 1 nitrogen and oxygen atoms in total. The molecule has 0 bridgehead atoms. The molecule has 0 aliphatic heterocycles. The summed E-state index contributed by atoms with van der Waals surface area (Å²) in [6.07, 6.45) is 4.16. The zero-order valence-corrected chi connectivity index (χ0v) is 10.4. The van der Waals surface area contributed by atoms with E-state index in [1.54, 1.807) is 6.07 Å². The lowest BCUT2D eigenvalue weighted by Crippen LogP contribution is -2.26. The summed E-state index contributed by atoms with van der Waals surface area (Å²) in [5, 5.41) is 9.86. The van der Waals surface area contributed by atoms with Crippen LogP contribution in [-0.2, 0) is 6.42 Å². The van der Waals surface area contributed by atoms with Crippen molar-refractivity contribution in [3.8, 4) is 0 Å². The molecule has 0 amide bonds. The quantitative estimate of drug-likeness (QED) is 0.876. The molecule has 17 heavy (non-hydrogen) atoms. The monoisotopic (exact) mass is 254 g/mol. The molecular formula is C14H16ClFO. The van der Waals surface area contributed by atoms with Crippen molar-refractivity contribution in [2.75, 3.05) is 6.61 Å². The molecule has 1 aromatic rings. The molecule has 1 aromatic carbocycles. The maximum Gasteiger partial charge on any atom is 0.142 e. The molecule has 92 valence electrons. The van der Waals surface area contributed by atoms with Crippen molar-refractivity contribution in [3.05, 3.63) is 34.6 Å². The van der Waals surface area contributed by atoms with E-state index in [-0.39, 0.29) is 22.9 Å². The van der Waals surface area contributed by atoms with Gasteiger partial charge in [0.05, 0.1) is 5.02 Å². The van der Waals surface area contributed by atoms with Gasteiger partial charge in [0, 0.05) is 6.61 Å². The Morgan fingerprint density at radius 1 is 1.35 bits per heavy atom. The minimum Gasteiger partial charge on any atom is -0.396 e. The fourth-order valence-electron chi connectivity index (χ4n) is 3.42. The topological polar surface area (TPSA) is 20.2 Å². The second kappa shape index (κ2) is 3.96. The van der Waals surface area contributed by atoms with Crippen molar-refractivity contribution in [3.63, 3.8) is 0 Å². The number of benzene rings is 1. The summed E-state index contributed by atoms with van der Waals surface area (Å²) in [4.78, 5) is 0. The maximum atomic E-state index is 13.4. The molecule has 0 radical (unpaired) electrons. The van der Waals surface area contributed by atoms with Gasteiger partial charge in [-0.05, 0) is 54.6 Å². The number of aliphatic hydroxyl groups is 1. The van der Waals surface area contributed by atoms with Crippen LogP contribution in [0.1, 0.15) is 24.8 Å². The highest BCUT2D eigenvalue weighted by atomic mass is 35.5. The van der Waals surface area contributed by atoms with Gasteiger partial charge in [0.2, 0.25) is 0 Å². The summed E-state index contributed by atoms with van der Waals surface area (Å²) >= 11 is 5.98. The molecule has 1 N–H and O–H groups in total. The first kappa shape index (κ1) is 11.5. The minimum atomic E-state index is -0.361. The maximum absolute atomic E-state index is 13.4. The van der Waals surface area contributed by atoms with E-state index < -0.39 is 0 Å². The molecule has 0 heterocycles. The van der Waals surface area contributed by atoms with Crippen LogP contribution in [0, 0.1) is 23.1 Å². The van der Waals surface area contributed by atoms with Gasteiger partial charge in [-0.15, -0.1) is 0 Å². The Morgan fingerprint density at radius 3 is 2.71 bits per heavy atom. The summed E-state index contributed by atoms with van der Waals surface area (Å²) in [6.45, 7) is 0.187. The molecule has 3 rings (SSSR count).